The van der Waals surface area contributed by atoms with Gasteiger partial charge in [-0.15, -0.1) is 11.3 Å². The molecule has 3 aromatic rings. The summed E-state index contributed by atoms with van der Waals surface area (Å²) in [6, 6.07) is 14.5. The number of thiazole rings is 1. The Bertz CT molecular complexity index is 1230. The molecule has 1 amide bonds. The molecule has 4 fully saturated rings. The molecule has 2 atom stereocenters. The lowest BCUT2D eigenvalue weighted by atomic mass is 9.42. The molecule has 2 aromatic carbocycles. The van der Waals surface area contributed by atoms with Gasteiger partial charge in [0.25, 0.3) is 5.91 Å². The standard InChI is InChI=1S/C29H32N2O3S/c1-18-4-6-22(7-5-18)28-12-19-8-20(13-28)15-29(14-19,17-28)25-16-35-27(30-25)31-26(32)21-9-23(33-2)11-24(10-21)34-3/h4-7,9-11,16,19-20H,8,12-15,17H2,1-3H3,(H,30,31,32). The fourth-order valence-electron chi connectivity index (χ4n) is 7.49. The number of benzene rings is 2. The van der Waals surface area contributed by atoms with Crippen molar-refractivity contribution in [3.8, 4) is 11.5 Å². The number of nitrogens with zero attached hydrogens (tertiary/aromatic N) is 1. The first-order valence-corrected chi connectivity index (χ1v) is 13.4. The van der Waals surface area contributed by atoms with Crippen LogP contribution in [0.1, 0.15) is 65.7 Å². The zero-order valence-corrected chi connectivity index (χ0v) is 21.4. The molecule has 1 aromatic heterocycles. The number of nitrogens with one attached hydrogen (secondary N) is 1. The molecule has 0 aliphatic heterocycles. The highest BCUT2D eigenvalue weighted by molar-refractivity contribution is 7.14. The Hall–Kier alpha value is -2.86. The third-order valence-electron chi connectivity index (χ3n) is 8.61. The molecule has 4 aliphatic carbocycles. The normalized spacial score (nSPS) is 28.7. The van der Waals surface area contributed by atoms with Crippen molar-refractivity contribution in [2.45, 2.75) is 56.3 Å². The van der Waals surface area contributed by atoms with Crippen LogP contribution < -0.4 is 14.8 Å². The van der Waals surface area contributed by atoms with Crippen molar-refractivity contribution in [3.05, 3.63) is 70.2 Å². The van der Waals surface area contributed by atoms with Crippen LogP contribution in [-0.4, -0.2) is 25.1 Å². The maximum atomic E-state index is 13.0. The number of rotatable bonds is 6. The summed E-state index contributed by atoms with van der Waals surface area (Å²) in [5.41, 5.74) is 4.88. The first-order chi connectivity index (χ1) is 16.9. The van der Waals surface area contributed by atoms with Crippen molar-refractivity contribution in [2.75, 3.05) is 19.5 Å². The fourth-order valence-corrected chi connectivity index (χ4v) is 8.32. The van der Waals surface area contributed by atoms with E-state index in [9.17, 15) is 4.79 Å². The van der Waals surface area contributed by atoms with Crippen LogP contribution in [0.15, 0.2) is 47.8 Å². The van der Waals surface area contributed by atoms with Crippen molar-refractivity contribution < 1.29 is 14.3 Å². The van der Waals surface area contributed by atoms with E-state index >= 15 is 0 Å². The molecule has 4 aliphatic rings. The number of anilines is 1. The van der Waals surface area contributed by atoms with Crippen LogP contribution in [0.2, 0.25) is 0 Å². The van der Waals surface area contributed by atoms with Crippen LogP contribution in [0.3, 0.4) is 0 Å². The van der Waals surface area contributed by atoms with E-state index in [-0.39, 0.29) is 16.7 Å². The van der Waals surface area contributed by atoms with Gasteiger partial charge in [0.05, 0.1) is 19.9 Å². The first kappa shape index (κ1) is 22.6. The van der Waals surface area contributed by atoms with Gasteiger partial charge in [0, 0.05) is 22.4 Å². The van der Waals surface area contributed by atoms with Crippen molar-refractivity contribution in [1.82, 2.24) is 4.98 Å². The molecule has 2 unspecified atom stereocenters. The van der Waals surface area contributed by atoms with Crippen molar-refractivity contribution >= 4 is 22.4 Å². The van der Waals surface area contributed by atoms with E-state index < -0.39 is 0 Å². The number of aryl methyl sites for hydroxylation is 1. The molecule has 5 nitrogen and oxygen atoms in total. The topological polar surface area (TPSA) is 60.5 Å². The predicted octanol–water partition coefficient (Wildman–Crippen LogP) is 6.51. The minimum atomic E-state index is -0.204. The van der Waals surface area contributed by atoms with E-state index in [4.69, 9.17) is 14.5 Å². The summed E-state index contributed by atoms with van der Waals surface area (Å²) in [7, 11) is 3.16. The van der Waals surface area contributed by atoms with E-state index in [0.29, 0.717) is 22.2 Å². The predicted molar refractivity (Wildman–Crippen MR) is 139 cm³/mol. The number of ether oxygens (including phenoxy) is 2. The Balaban J connectivity index is 1.27. The van der Waals surface area contributed by atoms with Crippen LogP contribution in [0.5, 0.6) is 11.5 Å². The first-order valence-electron chi connectivity index (χ1n) is 12.5. The molecule has 0 spiro atoms. The van der Waals surface area contributed by atoms with E-state index in [1.165, 1.54) is 66.7 Å². The number of hydrogen-bond acceptors (Lipinski definition) is 5. The highest BCUT2D eigenvalue weighted by Gasteiger charge is 2.59. The zero-order valence-electron chi connectivity index (χ0n) is 20.6. The Morgan fingerprint density at radius 3 is 2.23 bits per heavy atom. The Labute approximate surface area is 210 Å². The highest BCUT2D eigenvalue weighted by atomic mass is 32.1. The quantitative estimate of drug-likeness (QED) is 0.430. The Kier molecular flexibility index (Phi) is 5.40. The second kappa shape index (κ2) is 8.37. The van der Waals surface area contributed by atoms with Crippen LogP contribution in [0.4, 0.5) is 5.13 Å². The summed E-state index contributed by atoms with van der Waals surface area (Å²) in [5, 5.41) is 5.87. The average molecular weight is 489 g/mol. The zero-order chi connectivity index (χ0) is 24.2. The lowest BCUT2D eigenvalue weighted by molar-refractivity contribution is -0.0296. The van der Waals surface area contributed by atoms with Crippen LogP contribution >= 0.6 is 11.3 Å². The molecule has 4 bridgehead atoms. The number of hydrogen-bond donors (Lipinski definition) is 1. The monoisotopic (exact) mass is 488 g/mol. The minimum absolute atomic E-state index is 0.119. The maximum Gasteiger partial charge on any atom is 0.257 e. The Morgan fingerprint density at radius 2 is 1.60 bits per heavy atom. The number of carbonyl (C=O) groups excluding carboxylic acids is 1. The maximum absolute atomic E-state index is 13.0. The average Bonchev–Trinajstić information content (AvgIpc) is 3.32. The van der Waals surface area contributed by atoms with Gasteiger partial charge in [0.15, 0.2) is 5.13 Å². The fraction of sp³-hybridized carbons (Fsp3) is 0.448. The SMILES string of the molecule is COc1cc(OC)cc(C(=O)Nc2nc(C34CC5CC(CC(c6ccc(C)cc6)(C5)C3)C4)cs2)c1. The third-order valence-corrected chi connectivity index (χ3v) is 9.36. The molecule has 6 heteroatoms. The molecule has 182 valence electrons. The summed E-state index contributed by atoms with van der Waals surface area (Å²) in [6.45, 7) is 2.16. The van der Waals surface area contributed by atoms with Gasteiger partial charge in [-0.05, 0) is 80.4 Å². The molecule has 1 heterocycles. The highest BCUT2D eigenvalue weighted by Crippen LogP contribution is 2.66. The number of aromatic nitrogens is 1. The second-order valence-corrected chi connectivity index (χ2v) is 11.8. The Morgan fingerprint density at radius 1 is 0.971 bits per heavy atom. The van der Waals surface area contributed by atoms with E-state index in [1.54, 1.807) is 32.4 Å². The van der Waals surface area contributed by atoms with Crippen LogP contribution in [0, 0.1) is 18.8 Å². The van der Waals surface area contributed by atoms with Gasteiger partial charge in [0.1, 0.15) is 11.5 Å². The smallest absolute Gasteiger partial charge is 0.257 e. The van der Waals surface area contributed by atoms with Gasteiger partial charge >= 0.3 is 0 Å². The molecule has 1 N–H and O–H groups in total. The van der Waals surface area contributed by atoms with Crippen LogP contribution in [0.25, 0.3) is 0 Å². The second-order valence-electron chi connectivity index (χ2n) is 11.0. The molecule has 0 saturated heterocycles. The van der Waals surface area contributed by atoms with Gasteiger partial charge in [-0.25, -0.2) is 4.98 Å². The number of amides is 1. The molecular formula is C29H32N2O3S. The van der Waals surface area contributed by atoms with Gasteiger partial charge in [-0.2, -0.15) is 0 Å². The lowest BCUT2D eigenvalue weighted by Gasteiger charge is -2.62. The van der Waals surface area contributed by atoms with Crippen LogP contribution in [-0.2, 0) is 10.8 Å². The molecule has 35 heavy (non-hydrogen) atoms. The van der Waals surface area contributed by atoms with Gasteiger partial charge in [-0.1, -0.05) is 29.8 Å². The summed E-state index contributed by atoms with van der Waals surface area (Å²) < 4.78 is 10.6. The molecular weight excluding hydrogens is 456 g/mol. The van der Waals surface area contributed by atoms with E-state index in [0.717, 1.165) is 11.8 Å². The third kappa shape index (κ3) is 3.92. The lowest BCUT2D eigenvalue weighted by Crippen LogP contribution is -2.56. The molecule has 0 radical (unpaired) electrons. The van der Waals surface area contributed by atoms with Crippen molar-refractivity contribution in [2.24, 2.45) is 11.8 Å². The number of methoxy groups -OCH3 is 2. The largest absolute Gasteiger partial charge is 0.497 e. The molecule has 4 saturated carbocycles. The number of carbonyl (C=O) groups is 1. The van der Waals surface area contributed by atoms with E-state index in [1.807, 2.05) is 0 Å². The summed E-state index contributed by atoms with van der Waals surface area (Å²) >= 11 is 1.53. The minimum Gasteiger partial charge on any atom is -0.497 e. The molecule has 7 rings (SSSR count). The van der Waals surface area contributed by atoms with Gasteiger partial charge in [0.2, 0.25) is 0 Å². The van der Waals surface area contributed by atoms with Crippen molar-refractivity contribution in [1.29, 1.82) is 0 Å². The van der Waals surface area contributed by atoms with Gasteiger partial charge in [-0.3, -0.25) is 10.1 Å². The summed E-state index contributed by atoms with van der Waals surface area (Å²) in [6.07, 6.45) is 7.59. The summed E-state index contributed by atoms with van der Waals surface area (Å²) in [4.78, 5) is 18.0. The van der Waals surface area contributed by atoms with E-state index in [2.05, 4.69) is 41.9 Å². The van der Waals surface area contributed by atoms with Crippen molar-refractivity contribution in [3.63, 3.8) is 0 Å². The summed E-state index contributed by atoms with van der Waals surface area (Å²) in [5.74, 6) is 2.50. The van der Waals surface area contributed by atoms with Gasteiger partial charge < -0.3 is 9.47 Å².